The Balaban J connectivity index is 0. The molecular weight excluding hydrogens is 101 g/mol. The minimum atomic E-state index is 0. The molecule has 3 heteroatoms. The molecule has 1 N–H and O–H groups in total. The molecule has 48 valence electrons. The van der Waals surface area contributed by atoms with Crippen LogP contribution in [0.1, 0.15) is 6.92 Å². The molecule has 0 aromatic heterocycles. The number of hydrogen-bond donors (Lipinski definition) is 1. The van der Waals surface area contributed by atoms with Crippen LogP contribution in [0.15, 0.2) is 0 Å². The molecule has 0 rings (SSSR count). The predicted molar refractivity (Wildman–Crippen MR) is 37.6 cm³/mol. The van der Waals surface area contributed by atoms with E-state index in [1.54, 1.807) is 7.11 Å². The fourth-order valence-electron chi connectivity index (χ4n) is 0.351. The van der Waals surface area contributed by atoms with E-state index in [0.29, 0.717) is 0 Å². The number of nitrogens with one attached hydrogen (secondary N) is 1. The highest BCUT2D eigenvalue weighted by molar-refractivity contribution is 5.75. The van der Waals surface area contributed by atoms with Gasteiger partial charge in [-0.15, -0.1) is 0 Å². The predicted octanol–water partition coefficient (Wildman–Crippen LogP) is -0.406. The summed E-state index contributed by atoms with van der Waals surface area (Å²) in [5.41, 5.74) is 0. The van der Waals surface area contributed by atoms with Crippen LogP contribution in [-0.4, -0.2) is 35.2 Å². The molecule has 0 atom stereocenters. The second kappa shape index (κ2) is 10.1. The van der Waals surface area contributed by atoms with E-state index in [9.17, 15) is 0 Å². The second-order valence-electron chi connectivity index (χ2n) is 1.35. The lowest BCUT2D eigenvalue weighted by atomic mass is 10.6. The molecule has 0 aliphatic rings. The first-order valence-corrected chi connectivity index (χ1v) is 2.61. The van der Waals surface area contributed by atoms with E-state index in [1.807, 2.05) is 0 Å². The van der Waals surface area contributed by atoms with Crippen LogP contribution in [-0.2, 0) is 4.74 Å². The third-order valence-electron chi connectivity index (χ3n) is 0.733. The van der Waals surface area contributed by atoms with Crippen LogP contribution in [0.5, 0.6) is 0 Å². The van der Waals surface area contributed by atoms with E-state index in [1.165, 1.54) is 0 Å². The topological polar surface area (TPSA) is 21.3 Å². The maximum Gasteiger partial charge on any atom is 0.0587 e. The zero-order valence-corrected chi connectivity index (χ0v) is 5.74. The summed E-state index contributed by atoms with van der Waals surface area (Å²) >= 11 is 0. The summed E-state index contributed by atoms with van der Waals surface area (Å²) in [5, 5.41) is 3.12. The number of likely N-dealkylation sites (N-methyl/N-ethyl adjacent to an activating group) is 1. The Bertz CT molecular complexity index is 31.6. The standard InChI is InChI=1S/C5H13NO.BH/c1-3-6-4-5-7-2;/h6H,3-5H2,1-2H3;1H. The highest BCUT2D eigenvalue weighted by Gasteiger charge is 1.76. The van der Waals surface area contributed by atoms with E-state index >= 15 is 0 Å². The van der Waals surface area contributed by atoms with Gasteiger partial charge < -0.3 is 10.1 Å². The molecule has 0 aromatic carbocycles. The Morgan fingerprint density at radius 2 is 2.12 bits per heavy atom. The van der Waals surface area contributed by atoms with Gasteiger partial charge in [0.15, 0.2) is 0 Å². The van der Waals surface area contributed by atoms with Crippen LogP contribution in [0.2, 0.25) is 0 Å². The highest BCUT2D eigenvalue weighted by Crippen LogP contribution is 1.61. The largest absolute Gasteiger partial charge is 0.383 e. The van der Waals surface area contributed by atoms with E-state index in [2.05, 4.69) is 12.2 Å². The van der Waals surface area contributed by atoms with Crippen molar-refractivity contribution in [3.63, 3.8) is 0 Å². The summed E-state index contributed by atoms with van der Waals surface area (Å²) in [6.07, 6.45) is 0. The Hall–Kier alpha value is -0.0151. The number of methoxy groups -OCH3 is 1. The van der Waals surface area contributed by atoms with Crippen LogP contribution in [0.25, 0.3) is 0 Å². The van der Waals surface area contributed by atoms with Gasteiger partial charge >= 0.3 is 0 Å². The van der Waals surface area contributed by atoms with Gasteiger partial charge in [0.25, 0.3) is 0 Å². The molecule has 2 nitrogen and oxygen atoms in total. The maximum absolute atomic E-state index is 4.78. The van der Waals surface area contributed by atoms with E-state index in [-0.39, 0.29) is 8.41 Å². The van der Waals surface area contributed by atoms with Crippen molar-refractivity contribution in [1.82, 2.24) is 5.32 Å². The first-order valence-electron chi connectivity index (χ1n) is 2.61. The van der Waals surface area contributed by atoms with Crippen molar-refractivity contribution in [3.8, 4) is 0 Å². The third-order valence-corrected chi connectivity index (χ3v) is 0.733. The number of ether oxygens (including phenoxy) is 1. The molecule has 0 aliphatic heterocycles. The van der Waals surface area contributed by atoms with Crippen LogP contribution >= 0.6 is 0 Å². The van der Waals surface area contributed by atoms with Gasteiger partial charge in [-0.25, -0.2) is 0 Å². The SMILES string of the molecule is CCNCCOC.[BH]. The Morgan fingerprint density at radius 1 is 1.50 bits per heavy atom. The zero-order valence-electron chi connectivity index (χ0n) is 5.74. The Labute approximate surface area is 53.2 Å². The van der Waals surface area contributed by atoms with Crippen molar-refractivity contribution in [3.05, 3.63) is 0 Å². The zero-order chi connectivity index (χ0) is 5.54. The summed E-state index contributed by atoms with van der Waals surface area (Å²) in [5.74, 6) is 0. The van der Waals surface area contributed by atoms with Gasteiger partial charge in [0.1, 0.15) is 0 Å². The van der Waals surface area contributed by atoms with Crippen molar-refractivity contribution >= 4 is 8.41 Å². The normalized spacial score (nSPS) is 8.25. The monoisotopic (exact) mass is 115 g/mol. The smallest absolute Gasteiger partial charge is 0.0587 e. The quantitative estimate of drug-likeness (QED) is 0.397. The van der Waals surface area contributed by atoms with Crippen molar-refractivity contribution in [2.24, 2.45) is 0 Å². The Kier molecular flexibility index (Phi) is 13.7. The summed E-state index contributed by atoms with van der Waals surface area (Å²) in [6.45, 7) is 4.89. The van der Waals surface area contributed by atoms with Crippen molar-refractivity contribution < 1.29 is 4.74 Å². The third kappa shape index (κ3) is 9.37. The lowest BCUT2D eigenvalue weighted by Gasteiger charge is -1.96. The molecule has 0 saturated carbocycles. The summed E-state index contributed by atoms with van der Waals surface area (Å²) < 4.78 is 4.78. The van der Waals surface area contributed by atoms with Gasteiger partial charge in [-0.05, 0) is 6.54 Å². The molecule has 0 heterocycles. The average Bonchev–Trinajstić information content (AvgIpc) is 1.69. The van der Waals surface area contributed by atoms with Gasteiger partial charge in [-0.1, -0.05) is 6.92 Å². The molecule has 2 radical (unpaired) electrons. The van der Waals surface area contributed by atoms with E-state index in [0.717, 1.165) is 19.7 Å². The lowest BCUT2D eigenvalue weighted by molar-refractivity contribution is 0.200. The fourth-order valence-corrected chi connectivity index (χ4v) is 0.351. The molecule has 0 spiro atoms. The van der Waals surface area contributed by atoms with Crippen LogP contribution < -0.4 is 5.32 Å². The van der Waals surface area contributed by atoms with E-state index in [4.69, 9.17) is 4.74 Å². The van der Waals surface area contributed by atoms with Crippen LogP contribution in [0.3, 0.4) is 0 Å². The molecule has 0 unspecified atom stereocenters. The molecule has 0 fully saturated rings. The summed E-state index contributed by atoms with van der Waals surface area (Å²) in [4.78, 5) is 0. The van der Waals surface area contributed by atoms with E-state index < -0.39 is 0 Å². The highest BCUT2D eigenvalue weighted by atomic mass is 16.5. The minimum absolute atomic E-state index is 0. The molecule has 0 aliphatic carbocycles. The minimum Gasteiger partial charge on any atom is -0.383 e. The first-order chi connectivity index (χ1) is 3.41. The van der Waals surface area contributed by atoms with Gasteiger partial charge in [0.05, 0.1) is 6.61 Å². The number of hydrogen-bond acceptors (Lipinski definition) is 2. The van der Waals surface area contributed by atoms with Crippen molar-refractivity contribution in [2.45, 2.75) is 6.92 Å². The van der Waals surface area contributed by atoms with Crippen molar-refractivity contribution in [2.75, 3.05) is 26.8 Å². The summed E-state index contributed by atoms with van der Waals surface area (Å²) in [6, 6.07) is 0. The van der Waals surface area contributed by atoms with Gasteiger partial charge in [0, 0.05) is 22.1 Å². The molecule has 0 amide bonds. The van der Waals surface area contributed by atoms with Crippen molar-refractivity contribution in [1.29, 1.82) is 0 Å². The lowest BCUT2D eigenvalue weighted by Crippen LogP contribution is -2.17. The molecule has 8 heavy (non-hydrogen) atoms. The molecular formula is C5H14BNO. The first kappa shape index (κ1) is 10.9. The summed E-state index contributed by atoms with van der Waals surface area (Å²) in [7, 11) is 1.71. The van der Waals surface area contributed by atoms with Gasteiger partial charge in [0.2, 0.25) is 0 Å². The second-order valence-corrected chi connectivity index (χ2v) is 1.35. The fraction of sp³-hybridized carbons (Fsp3) is 1.00. The molecule has 0 saturated heterocycles. The number of rotatable bonds is 4. The van der Waals surface area contributed by atoms with Gasteiger partial charge in [-0.2, -0.15) is 0 Å². The maximum atomic E-state index is 4.78. The Morgan fingerprint density at radius 3 is 2.50 bits per heavy atom. The van der Waals surface area contributed by atoms with Gasteiger partial charge in [-0.3, -0.25) is 0 Å². The van der Waals surface area contributed by atoms with Crippen LogP contribution in [0, 0.1) is 0 Å². The molecule has 0 aromatic rings. The molecule has 0 bridgehead atoms. The van der Waals surface area contributed by atoms with Crippen LogP contribution in [0.4, 0.5) is 0 Å². The average molecular weight is 115 g/mol.